The van der Waals surface area contributed by atoms with Crippen LogP contribution in [0.2, 0.25) is 0 Å². The molecule has 0 aromatic heterocycles. The Morgan fingerprint density at radius 3 is 1.87 bits per heavy atom. The second-order valence-electron chi connectivity index (χ2n) is 8.24. The molecule has 1 saturated heterocycles. The molecular formula is C27H31N3O. The van der Waals surface area contributed by atoms with E-state index in [1.165, 1.54) is 5.56 Å². The standard InChI is InChI=1S/C27H31N3O/c31-26(29-25-16-18-30(19-17-25)21-22-10-4-1-5-11-22)20-28-27(23-12-6-2-7-13-23)24-14-8-3-9-15-24/h1-15,25,27-28H,16-21H2,(H,29,31). The monoisotopic (exact) mass is 413 g/mol. The molecule has 0 spiro atoms. The first-order chi connectivity index (χ1) is 15.3. The minimum Gasteiger partial charge on any atom is -0.352 e. The van der Waals surface area contributed by atoms with Gasteiger partial charge in [-0.1, -0.05) is 91.0 Å². The van der Waals surface area contributed by atoms with Crippen molar-refractivity contribution >= 4 is 5.91 Å². The van der Waals surface area contributed by atoms with E-state index in [0.29, 0.717) is 6.54 Å². The topological polar surface area (TPSA) is 44.4 Å². The fraction of sp³-hybridized carbons (Fsp3) is 0.296. The van der Waals surface area contributed by atoms with Crippen molar-refractivity contribution in [1.82, 2.24) is 15.5 Å². The molecule has 0 atom stereocenters. The van der Waals surface area contributed by atoms with E-state index >= 15 is 0 Å². The van der Waals surface area contributed by atoms with Gasteiger partial charge in [0.05, 0.1) is 12.6 Å². The lowest BCUT2D eigenvalue weighted by atomic mass is 9.99. The highest BCUT2D eigenvalue weighted by Crippen LogP contribution is 2.21. The van der Waals surface area contributed by atoms with Gasteiger partial charge in [0.15, 0.2) is 0 Å². The molecule has 0 unspecified atom stereocenters. The molecule has 1 fully saturated rings. The van der Waals surface area contributed by atoms with E-state index in [1.54, 1.807) is 0 Å². The quantitative estimate of drug-likeness (QED) is 0.583. The molecular weight excluding hydrogens is 382 g/mol. The van der Waals surface area contributed by atoms with E-state index in [0.717, 1.165) is 43.6 Å². The Hall–Kier alpha value is -2.95. The summed E-state index contributed by atoms with van der Waals surface area (Å²) in [4.78, 5) is 15.1. The lowest BCUT2D eigenvalue weighted by Crippen LogP contribution is -2.47. The SMILES string of the molecule is O=C(CNC(c1ccccc1)c1ccccc1)NC1CCN(Cc2ccccc2)CC1. The maximum atomic E-state index is 12.7. The summed E-state index contributed by atoms with van der Waals surface area (Å²) in [5.74, 6) is 0.0679. The summed E-state index contributed by atoms with van der Waals surface area (Å²) >= 11 is 0. The van der Waals surface area contributed by atoms with Crippen LogP contribution < -0.4 is 10.6 Å². The van der Waals surface area contributed by atoms with E-state index in [-0.39, 0.29) is 18.0 Å². The first-order valence-electron chi connectivity index (χ1n) is 11.2. The minimum absolute atomic E-state index is 0.000805. The number of hydrogen-bond donors (Lipinski definition) is 2. The van der Waals surface area contributed by atoms with Crippen LogP contribution in [0.25, 0.3) is 0 Å². The van der Waals surface area contributed by atoms with E-state index < -0.39 is 0 Å². The van der Waals surface area contributed by atoms with Crippen molar-refractivity contribution in [3.63, 3.8) is 0 Å². The van der Waals surface area contributed by atoms with Crippen molar-refractivity contribution in [2.75, 3.05) is 19.6 Å². The largest absolute Gasteiger partial charge is 0.352 e. The zero-order chi connectivity index (χ0) is 21.3. The third-order valence-corrected chi connectivity index (χ3v) is 5.93. The maximum Gasteiger partial charge on any atom is 0.234 e. The smallest absolute Gasteiger partial charge is 0.234 e. The van der Waals surface area contributed by atoms with Crippen LogP contribution in [0, 0.1) is 0 Å². The normalized spacial score (nSPS) is 15.1. The molecule has 3 aromatic rings. The molecule has 2 N–H and O–H groups in total. The Morgan fingerprint density at radius 2 is 1.32 bits per heavy atom. The Morgan fingerprint density at radius 1 is 0.806 bits per heavy atom. The minimum atomic E-state index is 0.000805. The first-order valence-corrected chi connectivity index (χ1v) is 11.2. The number of rotatable bonds is 8. The molecule has 160 valence electrons. The number of piperidine rings is 1. The number of likely N-dealkylation sites (tertiary alicyclic amines) is 1. The number of hydrogen-bond acceptors (Lipinski definition) is 3. The number of carbonyl (C=O) groups excluding carboxylic acids is 1. The van der Waals surface area contributed by atoms with Crippen molar-refractivity contribution in [1.29, 1.82) is 0 Å². The van der Waals surface area contributed by atoms with E-state index in [1.807, 2.05) is 36.4 Å². The van der Waals surface area contributed by atoms with Crippen molar-refractivity contribution in [3.8, 4) is 0 Å². The molecule has 0 saturated carbocycles. The number of carbonyl (C=O) groups is 1. The van der Waals surface area contributed by atoms with Gasteiger partial charge < -0.3 is 5.32 Å². The van der Waals surface area contributed by atoms with E-state index in [2.05, 4.69) is 70.1 Å². The molecule has 0 radical (unpaired) electrons. The summed E-state index contributed by atoms with van der Waals surface area (Å²) < 4.78 is 0. The summed E-state index contributed by atoms with van der Waals surface area (Å²) in [7, 11) is 0. The van der Waals surface area contributed by atoms with Gasteiger partial charge >= 0.3 is 0 Å². The number of nitrogens with one attached hydrogen (secondary N) is 2. The van der Waals surface area contributed by atoms with Crippen LogP contribution in [0.4, 0.5) is 0 Å². The van der Waals surface area contributed by atoms with Crippen LogP contribution in [-0.2, 0) is 11.3 Å². The summed E-state index contributed by atoms with van der Waals surface area (Å²) in [6, 6.07) is 31.4. The third kappa shape index (κ3) is 6.27. The van der Waals surface area contributed by atoms with Gasteiger partial charge in [-0.25, -0.2) is 0 Å². The molecule has 31 heavy (non-hydrogen) atoms. The number of nitrogens with zero attached hydrogens (tertiary/aromatic N) is 1. The van der Waals surface area contributed by atoms with Gasteiger partial charge in [-0.2, -0.15) is 0 Å². The first kappa shape index (κ1) is 21.3. The maximum absolute atomic E-state index is 12.7. The van der Waals surface area contributed by atoms with Crippen LogP contribution in [0.3, 0.4) is 0 Å². The van der Waals surface area contributed by atoms with Gasteiger partial charge in [-0.05, 0) is 29.5 Å². The molecule has 1 aliphatic rings. The molecule has 3 aromatic carbocycles. The zero-order valence-corrected chi connectivity index (χ0v) is 17.9. The molecule has 4 heteroatoms. The highest BCUT2D eigenvalue weighted by atomic mass is 16.2. The summed E-state index contributed by atoms with van der Waals surface area (Å²) in [5, 5.41) is 6.69. The van der Waals surface area contributed by atoms with Crippen molar-refractivity contribution in [2.24, 2.45) is 0 Å². The molecule has 0 bridgehead atoms. The average molecular weight is 414 g/mol. The summed E-state index contributed by atoms with van der Waals surface area (Å²) in [6.07, 6.45) is 2.00. The van der Waals surface area contributed by atoms with Crippen LogP contribution in [0.15, 0.2) is 91.0 Å². The van der Waals surface area contributed by atoms with Crippen molar-refractivity contribution in [3.05, 3.63) is 108 Å². The Kier molecular flexibility index (Phi) is 7.48. The molecule has 0 aliphatic carbocycles. The Labute approximate surface area is 185 Å². The lowest BCUT2D eigenvalue weighted by Gasteiger charge is -2.32. The van der Waals surface area contributed by atoms with Crippen LogP contribution in [-0.4, -0.2) is 36.5 Å². The highest BCUT2D eigenvalue weighted by molar-refractivity contribution is 5.78. The fourth-order valence-corrected chi connectivity index (χ4v) is 4.27. The fourth-order valence-electron chi connectivity index (χ4n) is 4.27. The molecule has 4 nitrogen and oxygen atoms in total. The van der Waals surface area contributed by atoms with Gasteiger partial charge in [0.25, 0.3) is 0 Å². The Bertz CT molecular complexity index is 883. The van der Waals surface area contributed by atoms with Gasteiger partial charge in [-0.3, -0.25) is 15.0 Å². The Balaban J connectivity index is 1.26. The predicted octanol–water partition coefficient (Wildman–Crippen LogP) is 4.15. The van der Waals surface area contributed by atoms with Gasteiger partial charge in [0.1, 0.15) is 0 Å². The zero-order valence-electron chi connectivity index (χ0n) is 17.9. The highest BCUT2D eigenvalue weighted by Gasteiger charge is 2.21. The van der Waals surface area contributed by atoms with E-state index in [4.69, 9.17) is 0 Å². The average Bonchev–Trinajstić information content (AvgIpc) is 2.83. The summed E-state index contributed by atoms with van der Waals surface area (Å²) in [6.45, 7) is 3.32. The van der Waals surface area contributed by atoms with Gasteiger partial charge in [-0.15, -0.1) is 0 Å². The van der Waals surface area contributed by atoms with Gasteiger partial charge in [0, 0.05) is 25.7 Å². The second-order valence-corrected chi connectivity index (χ2v) is 8.24. The molecule has 1 heterocycles. The summed E-state index contributed by atoms with van der Waals surface area (Å²) in [5.41, 5.74) is 3.67. The predicted molar refractivity (Wildman–Crippen MR) is 126 cm³/mol. The molecule has 1 amide bonds. The second kappa shape index (κ2) is 10.9. The number of amides is 1. The van der Waals surface area contributed by atoms with Crippen LogP contribution in [0.1, 0.15) is 35.6 Å². The van der Waals surface area contributed by atoms with Crippen LogP contribution in [0.5, 0.6) is 0 Å². The molecule has 4 rings (SSSR count). The van der Waals surface area contributed by atoms with E-state index in [9.17, 15) is 4.79 Å². The number of benzene rings is 3. The third-order valence-electron chi connectivity index (χ3n) is 5.93. The van der Waals surface area contributed by atoms with Gasteiger partial charge in [0.2, 0.25) is 5.91 Å². The van der Waals surface area contributed by atoms with Crippen LogP contribution >= 0.6 is 0 Å². The lowest BCUT2D eigenvalue weighted by molar-refractivity contribution is -0.121. The molecule has 1 aliphatic heterocycles. The van der Waals surface area contributed by atoms with Crippen molar-refractivity contribution in [2.45, 2.75) is 31.5 Å². The van der Waals surface area contributed by atoms with Crippen molar-refractivity contribution < 1.29 is 4.79 Å².